The van der Waals surface area contributed by atoms with Gasteiger partial charge < -0.3 is 15.0 Å². The number of benzene rings is 1. The lowest BCUT2D eigenvalue weighted by atomic mass is 10.1. The van der Waals surface area contributed by atoms with Crippen molar-refractivity contribution in [1.82, 2.24) is 5.16 Å². The van der Waals surface area contributed by atoms with Gasteiger partial charge in [-0.2, -0.15) is 0 Å². The van der Waals surface area contributed by atoms with Crippen molar-refractivity contribution in [3.8, 4) is 17.1 Å². The lowest BCUT2D eigenvalue weighted by Crippen LogP contribution is -1.98. The monoisotopic (exact) mass is 218 g/mol. The molecule has 2 rings (SSSR count). The molecular formula is C12H14N2O2. The van der Waals surface area contributed by atoms with Gasteiger partial charge in [0.15, 0.2) is 5.76 Å². The second-order valence-corrected chi connectivity index (χ2v) is 3.51. The molecule has 0 saturated heterocycles. The molecule has 0 atom stereocenters. The molecule has 1 aromatic heterocycles. The molecule has 84 valence electrons. The first-order chi connectivity index (χ1) is 7.76. The predicted octanol–water partition coefficient (Wildman–Crippen LogP) is 2.12. The number of ether oxygens (including phenoxy) is 1. The second kappa shape index (κ2) is 4.37. The highest BCUT2D eigenvalue weighted by Gasteiger charge is 2.13. The number of methoxy groups -OCH3 is 1. The van der Waals surface area contributed by atoms with E-state index in [0.29, 0.717) is 6.54 Å². The highest BCUT2D eigenvalue weighted by molar-refractivity contribution is 5.62. The summed E-state index contributed by atoms with van der Waals surface area (Å²) in [5.74, 6) is 1.55. The van der Waals surface area contributed by atoms with Crippen molar-refractivity contribution < 1.29 is 9.26 Å². The Bertz CT molecular complexity index is 474. The Labute approximate surface area is 94.0 Å². The van der Waals surface area contributed by atoms with Gasteiger partial charge in [-0.1, -0.05) is 5.16 Å². The fourth-order valence-corrected chi connectivity index (χ4v) is 1.60. The third-order valence-electron chi connectivity index (χ3n) is 2.54. The molecule has 0 aliphatic rings. The molecule has 0 aliphatic carbocycles. The van der Waals surface area contributed by atoms with Crippen molar-refractivity contribution in [1.29, 1.82) is 0 Å². The van der Waals surface area contributed by atoms with Crippen LogP contribution in [-0.2, 0) is 6.54 Å². The first-order valence-corrected chi connectivity index (χ1v) is 5.06. The minimum absolute atomic E-state index is 0.427. The maximum absolute atomic E-state index is 5.66. The van der Waals surface area contributed by atoms with Gasteiger partial charge >= 0.3 is 0 Å². The van der Waals surface area contributed by atoms with Crippen LogP contribution in [0.3, 0.4) is 0 Å². The fourth-order valence-electron chi connectivity index (χ4n) is 1.60. The van der Waals surface area contributed by atoms with Gasteiger partial charge in [-0.25, -0.2) is 0 Å². The standard InChI is InChI=1S/C12H14N2O2/c1-8-11(7-13)12(16-14-8)9-3-5-10(15-2)6-4-9/h3-6H,7,13H2,1-2H3. The van der Waals surface area contributed by atoms with Crippen molar-refractivity contribution in [2.45, 2.75) is 13.5 Å². The summed E-state index contributed by atoms with van der Waals surface area (Å²) in [6.45, 7) is 2.31. The van der Waals surface area contributed by atoms with E-state index in [1.54, 1.807) is 7.11 Å². The molecule has 0 bridgehead atoms. The zero-order chi connectivity index (χ0) is 11.5. The Morgan fingerprint density at radius 3 is 2.56 bits per heavy atom. The average Bonchev–Trinajstić information content (AvgIpc) is 2.70. The number of aryl methyl sites for hydroxylation is 1. The average molecular weight is 218 g/mol. The van der Waals surface area contributed by atoms with Gasteiger partial charge in [0.1, 0.15) is 5.75 Å². The third kappa shape index (κ3) is 1.79. The van der Waals surface area contributed by atoms with Gasteiger partial charge in [-0.05, 0) is 31.2 Å². The molecule has 0 fully saturated rings. The summed E-state index contributed by atoms with van der Waals surface area (Å²) in [6.07, 6.45) is 0. The summed E-state index contributed by atoms with van der Waals surface area (Å²) >= 11 is 0. The van der Waals surface area contributed by atoms with E-state index in [1.807, 2.05) is 31.2 Å². The van der Waals surface area contributed by atoms with Gasteiger partial charge in [0.25, 0.3) is 0 Å². The number of rotatable bonds is 3. The number of aromatic nitrogens is 1. The Kier molecular flexibility index (Phi) is 2.92. The zero-order valence-corrected chi connectivity index (χ0v) is 9.36. The molecule has 2 aromatic rings. The zero-order valence-electron chi connectivity index (χ0n) is 9.36. The van der Waals surface area contributed by atoms with Crippen molar-refractivity contribution in [3.05, 3.63) is 35.5 Å². The van der Waals surface area contributed by atoms with Crippen LogP contribution in [0, 0.1) is 6.92 Å². The molecule has 1 heterocycles. The molecule has 0 amide bonds. The molecule has 4 nitrogen and oxygen atoms in total. The lowest BCUT2D eigenvalue weighted by Gasteiger charge is -2.02. The van der Waals surface area contributed by atoms with Crippen LogP contribution in [0.1, 0.15) is 11.3 Å². The normalized spacial score (nSPS) is 10.4. The van der Waals surface area contributed by atoms with Crippen LogP contribution >= 0.6 is 0 Å². The SMILES string of the molecule is COc1ccc(-c2onc(C)c2CN)cc1. The van der Waals surface area contributed by atoms with Crippen LogP contribution in [0.25, 0.3) is 11.3 Å². The minimum atomic E-state index is 0.427. The Balaban J connectivity index is 2.42. The Morgan fingerprint density at radius 2 is 2.00 bits per heavy atom. The van der Waals surface area contributed by atoms with E-state index in [0.717, 1.165) is 28.3 Å². The molecule has 0 aliphatic heterocycles. The van der Waals surface area contributed by atoms with Gasteiger partial charge in [0.05, 0.1) is 12.8 Å². The summed E-state index contributed by atoms with van der Waals surface area (Å²) in [7, 11) is 1.64. The van der Waals surface area contributed by atoms with E-state index >= 15 is 0 Å². The minimum Gasteiger partial charge on any atom is -0.497 e. The Hall–Kier alpha value is -1.81. The highest BCUT2D eigenvalue weighted by Crippen LogP contribution is 2.27. The fraction of sp³-hybridized carbons (Fsp3) is 0.250. The van der Waals surface area contributed by atoms with E-state index < -0.39 is 0 Å². The smallest absolute Gasteiger partial charge is 0.171 e. The van der Waals surface area contributed by atoms with E-state index in [1.165, 1.54) is 0 Å². The molecule has 0 saturated carbocycles. The van der Waals surface area contributed by atoms with Gasteiger partial charge in [-0.3, -0.25) is 0 Å². The largest absolute Gasteiger partial charge is 0.497 e. The predicted molar refractivity (Wildman–Crippen MR) is 61.1 cm³/mol. The summed E-state index contributed by atoms with van der Waals surface area (Å²) in [4.78, 5) is 0. The van der Waals surface area contributed by atoms with E-state index in [-0.39, 0.29) is 0 Å². The molecule has 1 aromatic carbocycles. The topological polar surface area (TPSA) is 61.3 Å². The van der Waals surface area contributed by atoms with E-state index in [9.17, 15) is 0 Å². The summed E-state index contributed by atoms with van der Waals surface area (Å²) in [5, 5.41) is 3.92. The lowest BCUT2D eigenvalue weighted by molar-refractivity contribution is 0.414. The molecule has 16 heavy (non-hydrogen) atoms. The van der Waals surface area contributed by atoms with Crippen LogP contribution < -0.4 is 10.5 Å². The highest BCUT2D eigenvalue weighted by atomic mass is 16.5. The van der Waals surface area contributed by atoms with Gasteiger partial charge in [0, 0.05) is 17.7 Å². The van der Waals surface area contributed by atoms with Crippen molar-refractivity contribution >= 4 is 0 Å². The van der Waals surface area contributed by atoms with Crippen molar-refractivity contribution in [2.24, 2.45) is 5.73 Å². The maximum Gasteiger partial charge on any atom is 0.171 e. The number of hydrogen-bond acceptors (Lipinski definition) is 4. The first kappa shape index (κ1) is 10.7. The number of nitrogens with zero attached hydrogens (tertiary/aromatic N) is 1. The van der Waals surface area contributed by atoms with Crippen LogP contribution in [0.4, 0.5) is 0 Å². The molecule has 4 heteroatoms. The summed E-state index contributed by atoms with van der Waals surface area (Å²) in [5.41, 5.74) is 8.41. The molecule has 0 unspecified atom stereocenters. The van der Waals surface area contributed by atoms with Crippen molar-refractivity contribution in [3.63, 3.8) is 0 Å². The molecule has 0 radical (unpaired) electrons. The van der Waals surface area contributed by atoms with Gasteiger partial charge in [-0.15, -0.1) is 0 Å². The molecular weight excluding hydrogens is 204 g/mol. The van der Waals surface area contributed by atoms with Crippen LogP contribution in [0.2, 0.25) is 0 Å². The summed E-state index contributed by atoms with van der Waals surface area (Å²) in [6, 6.07) is 7.62. The maximum atomic E-state index is 5.66. The Morgan fingerprint density at radius 1 is 1.31 bits per heavy atom. The quantitative estimate of drug-likeness (QED) is 0.857. The van der Waals surface area contributed by atoms with Crippen LogP contribution in [0.5, 0.6) is 5.75 Å². The molecule has 2 N–H and O–H groups in total. The van der Waals surface area contributed by atoms with Gasteiger partial charge in [0.2, 0.25) is 0 Å². The number of hydrogen-bond donors (Lipinski definition) is 1. The molecule has 0 spiro atoms. The van der Waals surface area contributed by atoms with E-state index in [2.05, 4.69) is 5.16 Å². The van der Waals surface area contributed by atoms with Crippen LogP contribution in [0.15, 0.2) is 28.8 Å². The summed E-state index contributed by atoms with van der Waals surface area (Å²) < 4.78 is 10.4. The second-order valence-electron chi connectivity index (χ2n) is 3.51. The van der Waals surface area contributed by atoms with Crippen LogP contribution in [-0.4, -0.2) is 12.3 Å². The van der Waals surface area contributed by atoms with E-state index in [4.69, 9.17) is 15.0 Å². The number of nitrogens with two attached hydrogens (primary N) is 1. The first-order valence-electron chi connectivity index (χ1n) is 5.06. The third-order valence-corrected chi connectivity index (χ3v) is 2.54. The van der Waals surface area contributed by atoms with Crippen molar-refractivity contribution in [2.75, 3.05) is 7.11 Å².